The second kappa shape index (κ2) is 5.51. The minimum atomic E-state index is 0.227. The third kappa shape index (κ3) is 6.28. The lowest BCUT2D eigenvalue weighted by molar-refractivity contribution is 0.257. The Morgan fingerprint density at radius 2 is 2.18 bits per heavy atom. The van der Waals surface area contributed by atoms with E-state index >= 15 is 0 Å². The van der Waals surface area contributed by atoms with Crippen LogP contribution in [0.25, 0.3) is 0 Å². The Morgan fingerprint density at radius 1 is 1.55 bits per heavy atom. The lowest BCUT2D eigenvalue weighted by atomic mass is 9.86. The minimum Gasteiger partial charge on any atom is -0.316 e. The first-order valence-corrected chi connectivity index (χ1v) is 4.86. The van der Waals surface area contributed by atoms with Crippen LogP contribution in [0.4, 0.5) is 0 Å². The maximum absolute atomic E-state index is 5.22. The minimum absolute atomic E-state index is 0.227. The fraction of sp³-hybridized carbons (Fsp3) is 0.778. The van der Waals surface area contributed by atoms with E-state index in [4.69, 9.17) is 10.6 Å². The Balaban J connectivity index is 3.48. The molecule has 0 N–H and O–H groups in total. The third-order valence-electron chi connectivity index (χ3n) is 1.56. The van der Waals surface area contributed by atoms with Crippen LogP contribution >= 0.6 is 12.0 Å². The van der Waals surface area contributed by atoms with Gasteiger partial charge in [-0.1, -0.05) is 13.8 Å². The van der Waals surface area contributed by atoms with Crippen molar-refractivity contribution in [2.24, 2.45) is 5.41 Å². The van der Waals surface area contributed by atoms with Crippen LogP contribution in [0.1, 0.15) is 26.7 Å². The Labute approximate surface area is 74.1 Å². The molecule has 0 spiro atoms. The topological polar surface area (TPSA) is 9.23 Å². The van der Waals surface area contributed by atoms with Gasteiger partial charge in [0.1, 0.15) is 0 Å². The quantitative estimate of drug-likeness (QED) is 0.358. The van der Waals surface area contributed by atoms with E-state index in [-0.39, 0.29) is 5.41 Å². The van der Waals surface area contributed by atoms with Gasteiger partial charge in [0.25, 0.3) is 0 Å². The molecule has 0 aliphatic carbocycles. The first-order chi connectivity index (χ1) is 5.12. The lowest BCUT2D eigenvalue weighted by Gasteiger charge is -2.20. The number of hydrogen-bond donors (Lipinski definition) is 0. The van der Waals surface area contributed by atoms with E-state index in [0.29, 0.717) is 0 Å². The van der Waals surface area contributed by atoms with Gasteiger partial charge in [0.05, 0.1) is 6.61 Å². The SMILES string of the molecule is C#CCC(C)(C)CCOSC. The summed E-state index contributed by atoms with van der Waals surface area (Å²) >= 11 is 1.41. The van der Waals surface area contributed by atoms with E-state index in [1.807, 2.05) is 6.26 Å². The molecule has 0 fully saturated rings. The summed E-state index contributed by atoms with van der Waals surface area (Å²) in [5.41, 5.74) is 0.227. The van der Waals surface area contributed by atoms with E-state index in [0.717, 1.165) is 19.4 Å². The Bertz CT molecular complexity index is 135. The highest BCUT2D eigenvalue weighted by Crippen LogP contribution is 2.24. The summed E-state index contributed by atoms with van der Waals surface area (Å²) in [6, 6.07) is 0. The van der Waals surface area contributed by atoms with Crippen LogP contribution in [0, 0.1) is 17.8 Å². The average Bonchev–Trinajstić information content (AvgIpc) is 1.87. The van der Waals surface area contributed by atoms with E-state index in [2.05, 4.69) is 19.8 Å². The van der Waals surface area contributed by atoms with Crippen LogP contribution in [-0.4, -0.2) is 12.9 Å². The lowest BCUT2D eigenvalue weighted by Crippen LogP contribution is -2.12. The van der Waals surface area contributed by atoms with Crippen molar-refractivity contribution in [1.82, 2.24) is 0 Å². The second-order valence-electron chi connectivity index (χ2n) is 3.28. The zero-order valence-corrected chi connectivity index (χ0v) is 8.33. The number of terminal acetylenes is 1. The summed E-state index contributed by atoms with van der Waals surface area (Å²) < 4.78 is 5.16. The smallest absolute Gasteiger partial charge is 0.0619 e. The normalized spacial score (nSPS) is 11.1. The largest absolute Gasteiger partial charge is 0.316 e. The summed E-state index contributed by atoms with van der Waals surface area (Å²) in [7, 11) is 0. The molecule has 0 aliphatic heterocycles. The summed E-state index contributed by atoms with van der Waals surface area (Å²) in [5, 5.41) is 0. The molecule has 0 bridgehead atoms. The monoisotopic (exact) mass is 172 g/mol. The van der Waals surface area contributed by atoms with Crippen LogP contribution in [0.5, 0.6) is 0 Å². The summed E-state index contributed by atoms with van der Waals surface area (Å²) in [6.07, 6.45) is 9.00. The summed E-state index contributed by atoms with van der Waals surface area (Å²) in [5.74, 6) is 2.67. The second-order valence-corrected chi connectivity index (χ2v) is 3.85. The van der Waals surface area contributed by atoms with Gasteiger partial charge in [-0.2, -0.15) is 0 Å². The predicted octanol–water partition coefficient (Wildman–Crippen LogP) is 2.72. The predicted molar refractivity (Wildman–Crippen MR) is 51.3 cm³/mol. The van der Waals surface area contributed by atoms with Crippen LogP contribution < -0.4 is 0 Å². The molecule has 0 aromatic rings. The maximum atomic E-state index is 5.22. The van der Waals surface area contributed by atoms with Gasteiger partial charge in [-0.25, -0.2) is 0 Å². The molecule has 0 unspecified atom stereocenters. The van der Waals surface area contributed by atoms with E-state index in [1.165, 1.54) is 12.0 Å². The summed E-state index contributed by atoms with van der Waals surface area (Å²) in [6.45, 7) is 5.11. The van der Waals surface area contributed by atoms with E-state index in [1.54, 1.807) is 0 Å². The van der Waals surface area contributed by atoms with Gasteiger partial charge in [-0.3, -0.25) is 0 Å². The van der Waals surface area contributed by atoms with Crippen molar-refractivity contribution < 1.29 is 4.18 Å². The highest BCUT2D eigenvalue weighted by atomic mass is 32.2. The van der Waals surface area contributed by atoms with Crippen molar-refractivity contribution >= 4 is 12.0 Å². The fourth-order valence-corrected chi connectivity index (χ4v) is 1.02. The maximum Gasteiger partial charge on any atom is 0.0619 e. The molecule has 0 amide bonds. The van der Waals surface area contributed by atoms with Crippen molar-refractivity contribution in [3.8, 4) is 12.3 Å². The molecule has 0 saturated heterocycles. The van der Waals surface area contributed by atoms with Crippen molar-refractivity contribution in [3.05, 3.63) is 0 Å². The zero-order chi connectivity index (χ0) is 8.74. The standard InChI is InChI=1S/C9H16OS/c1-5-6-9(2,3)7-8-10-11-4/h1H,6-8H2,2-4H3. The molecular weight excluding hydrogens is 156 g/mol. The van der Waals surface area contributed by atoms with E-state index < -0.39 is 0 Å². The van der Waals surface area contributed by atoms with Gasteiger partial charge in [-0.05, 0) is 23.9 Å². The number of hydrogen-bond acceptors (Lipinski definition) is 2. The van der Waals surface area contributed by atoms with Gasteiger partial charge >= 0.3 is 0 Å². The van der Waals surface area contributed by atoms with E-state index in [9.17, 15) is 0 Å². The molecular formula is C9H16OS. The highest BCUT2D eigenvalue weighted by Gasteiger charge is 2.15. The molecule has 1 nitrogen and oxygen atoms in total. The van der Waals surface area contributed by atoms with Crippen LogP contribution in [-0.2, 0) is 4.18 Å². The van der Waals surface area contributed by atoms with Crippen molar-refractivity contribution in [2.75, 3.05) is 12.9 Å². The molecule has 64 valence electrons. The van der Waals surface area contributed by atoms with Crippen molar-refractivity contribution in [2.45, 2.75) is 26.7 Å². The molecule has 0 heterocycles. The van der Waals surface area contributed by atoms with Crippen molar-refractivity contribution in [3.63, 3.8) is 0 Å². The molecule has 0 atom stereocenters. The fourth-order valence-electron chi connectivity index (χ4n) is 0.766. The molecule has 0 radical (unpaired) electrons. The molecule has 2 heteroatoms. The average molecular weight is 172 g/mol. The van der Waals surface area contributed by atoms with Crippen LogP contribution in [0.15, 0.2) is 0 Å². The zero-order valence-electron chi connectivity index (χ0n) is 7.52. The van der Waals surface area contributed by atoms with Gasteiger partial charge in [0, 0.05) is 12.7 Å². The van der Waals surface area contributed by atoms with Crippen molar-refractivity contribution in [1.29, 1.82) is 0 Å². The van der Waals surface area contributed by atoms with Gasteiger partial charge < -0.3 is 4.18 Å². The van der Waals surface area contributed by atoms with Crippen LogP contribution in [0.3, 0.4) is 0 Å². The van der Waals surface area contributed by atoms with Gasteiger partial charge in [-0.15, -0.1) is 12.3 Å². The summed E-state index contributed by atoms with van der Waals surface area (Å²) in [4.78, 5) is 0. The molecule has 11 heavy (non-hydrogen) atoms. The first kappa shape index (κ1) is 10.9. The third-order valence-corrected chi connectivity index (χ3v) is 1.96. The molecule has 0 saturated carbocycles. The molecule has 0 aromatic heterocycles. The Kier molecular flexibility index (Phi) is 5.45. The number of rotatable bonds is 5. The highest BCUT2D eigenvalue weighted by molar-refractivity contribution is 7.93. The first-order valence-electron chi connectivity index (χ1n) is 3.71. The Morgan fingerprint density at radius 3 is 2.64 bits per heavy atom. The Hall–Kier alpha value is -0.130. The van der Waals surface area contributed by atoms with Gasteiger partial charge in [0.15, 0.2) is 0 Å². The molecule has 0 aromatic carbocycles. The molecule has 0 aliphatic rings. The van der Waals surface area contributed by atoms with Gasteiger partial charge in [0.2, 0.25) is 0 Å². The molecule has 0 rings (SSSR count). The van der Waals surface area contributed by atoms with Crippen LogP contribution in [0.2, 0.25) is 0 Å².